The summed E-state index contributed by atoms with van der Waals surface area (Å²) in [5, 5.41) is 5.24. The van der Waals surface area contributed by atoms with Crippen LogP contribution in [0.1, 0.15) is 42.6 Å². The van der Waals surface area contributed by atoms with E-state index in [1.165, 1.54) is 6.92 Å². The molecule has 2 heterocycles. The first-order valence-corrected chi connectivity index (χ1v) is 12.2. The molecule has 2 aromatic carbocycles. The maximum Gasteiger partial charge on any atom is 0.342 e. The van der Waals surface area contributed by atoms with Crippen molar-refractivity contribution in [3.63, 3.8) is 0 Å². The van der Waals surface area contributed by atoms with Gasteiger partial charge < -0.3 is 10.1 Å². The Morgan fingerprint density at radius 3 is 2.57 bits per heavy atom. The van der Waals surface area contributed by atoms with E-state index in [1.54, 1.807) is 42.5 Å². The lowest BCUT2D eigenvalue weighted by atomic mass is 9.87. The van der Waals surface area contributed by atoms with Gasteiger partial charge in [-0.15, -0.1) is 0 Å². The number of amides is 3. The average Bonchev–Trinajstić information content (AvgIpc) is 3.74. The van der Waals surface area contributed by atoms with Crippen molar-refractivity contribution in [2.24, 2.45) is 5.92 Å². The summed E-state index contributed by atoms with van der Waals surface area (Å²) in [6.45, 7) is 1.65. The fourth-order valence-corrected chi connectivity index (χ4v) is 4.62. The largest absolute Gasteiger partial charge is 0.459 e. The number of ether oxygens (including phenoxy) is 1. The predicted octanol–water partition coefficient (Wildman–Crippen LogP) is 1.61. The Balaban J connectivity index is 1.54. The molecule has 1 saturated heterocycles. The number of rotatable bonds is 7. The van der Waals surface area contributed by atoms with E-state index < -0.39 is 28.9 Å². The fourth-order valence-electron chi connectivity index (χ4n) is 4.62. The van der Waals surface area contributed by atoms with Crippen LogP contribution >= 0.6 is 0 Å². The Bertz CT molecular complexity index is 1480. The van der Waals surface area contributed by atoms with Gasteiger partial charge >= 0.3 is 5.97 Å². The summed E-state index contributed by atoms with van der Waals surface area (Å²) in [5.41, 5.74) is -0.937. The molecular formula is C27H26N4O6. The average molecular weight is 503 g/mol. The molecular weight excluding hydrogens is 476 g/mol. The number of nitrogens with zero attached hydrogens (tertiary/aromatic N) is 2. The number of carbonyl (C=O) groups excluding carboxylic acids is 4. The van der Waals surface area contributed by atoms with Gasteiger partial charge in [0.2, 0.25) is 17.4 Å². The zero-order valence-electron chi connectivity index (χ0n) is 20.3. The highest BCUT2D eigenvalue weighted by molar-refractivity contribution is 6.13. The molecule has 0 bridgehead atoms. The number of aryl methyl sites for hydroxylation is 1. The number of imide groups is 1. The molecule has 0 spiro atoms. The van der Waals surface area contributed by atoms with Crippen molar-refractivity contribution in [3.05, 3.63) is 75.8 Å². The summed E-state index contributed by atoms with van der Waals surface area (Å²) in [7, 11) is 0. The normalized spacial score (nSPS) is 19.4. The van der Waals surface area contributed by atoms with Crippen LogP contribution in [0.25, 0.3) is 10.9 Å². The van der Waals surface area contributed by atoms with Crippen molar-refractivity contribution >= 4 is 34.6 Å². The maximum atomic E-state index is 13.8. The van der Waals surface area contributed by atoms with Crippen LogP contribution in [-0.4, -0.2) is 33.2 Å². The number of hydrogen-bond donors (Lipinski definition) is 2. The Morgan fingerprint density at radius 2 is 1.86 bits per heavy atom. The zero-order chi connectivity index (χ0) is 26.2. The van der Waals surface area contributed by atoms with E-state index in [1.807, 2.05) is 6.07 Å². The van der Waals surface area contributed by atoms with Crippen LogP contribution in [0, 0.1) is 12.8 Å². The molecule has 190 valence electrons. The monoisotopic (exact) mass is 502 g/mol. The van der Waals surface area contributed by atoms with E-state index in [-0.39, 0.29) is 49.0 Å². The van der Waals surface area contributed by atoms with Gasteiger partial charge in [-0.2, -0.15) is 0 Å². The van der Waals surface area contributed by atoms with Gasteiger partial charge in [0.15, 0.2) is 0 Å². The van der Waals surface area contributed by atoms with Crippen molar-refractivity contribution < 1.29 is 23.9 Å². The van der Waals surface area contributed by atoms with E-state index >= 15 is 0 Å². The molecule has 1 aliphatic heterocycles. The van der Waals surface area contributed by atoms with Crippen molar-refractivity contribution in [2.75, 3.05) is 0 Å². The summed E-state index contributed by atoms with van der Waals surface area (Å²) < 4.78 is 6.56. The topological polar surface area (TPSA) is 136 Å². The van der Waals surface area contributed by atoms with Crippen LogP contribution in [0.4, 0.5) is 0 Å². The minimum atomic E-state index is -2.10. The van der Waals surface area contributed by atoms with Crippen LogP contribution in [0.5, 0.6) is 0 Å². The lowest BCUT2D eigenvalue weighted by Crippen LogP contribution is -2.62. The number of carbonyl (C=O) groups is 4. The summed E-state index contributed by atoms with van der Waals surface area (Å²) in [4.78, 5) is 69.1. The third kappa shape index (κ3) is 4.62. The number of hydrogen-bond acceptors (Lipinski definition) is 7. The van der Waals surface area contributed by atoms with Crippen LogP contribution in [0.2, 0.25) is 0 Å². The fraction of sp³-hybridized carbons (Fsp3) is 0.333. The number of aromatic nitrogens is 2. The van der Waals surface area contributed by atoms with Crippen LogP contribution in [0.3, 0.4) is 0 Å². The molecule has 10 heteroatoms. The van der Waals surface area contributed by atoms with Gasteiger partial charge in [0, 0.05) is 18.9 Å². The van der Waals surface area contributed by atoms with Gasteiger partial charge in [-0.1, -0.05) is 36.4 Å². The van der Waals surface area contributed by atoms with Crippen molar-refractivity contribution in [3.8, 4) is 0 Å². The molecule has 5 rings (SSSR count). The van der Waals surface area contributed by atoms with E-state index in [0.717, 1.165) is 17.4 Å². The summed E-state index contributed by atoms with van der Waals surface area (Å²) in [5.74, 6) is -2.25. The Labute approximate surface area is 212 Å². The van der Waals surface area contributed by atoms with Crippen molar-refractivity contribution in [1.29, 1.82) is 0 Å². The molecule has 1 atom stereocenters. The van der Waals surface area contributed by atoms with Gasteiger partial charge in [-0.05, 0) is 49.4 Å². The second-order valence-electron chi connectivity index (χ2n) is 9.44. The molecule has 2 aliphatic rings. The Kier molecular flexibility index (Phi) is 6.32. The summed E-state index contributed by atoms with van der Waals surface area (Å²) in [6.07, 6.45) is 1.37. The number of fused-ring (bicyclic) bond motifs is 1. The molecule has 3 aromatic rings. The third-order valence-corrected chi connectivity index (χ3v) is 6.79. The molecule has 0 radical (unpaired) electrons. The van der Waals surface area contributed by atoms with E-state index in [9.17, 15) is 24.0 Å². The van der Waals surface area contributed by atoms with Crippen molar-refractivity contribution in [1.82, 2.24) is 20.2 Å². The molecule has 3 amide bonds. The molecule has 1 saturated carbocycles. The van der Waals surface area contributed by atoms with Gasteiger partial charge in [-0.25, -0.2) is 9.78 Å². The van der Waals surface area contributed by atoms with E-state index in [4.69, 9.17) is 4.74 Å². The third-order valence-electron chi connectivity index (χ3n) is 6.79. The molecule has 1 aliphatic carbocycles. The lowest BCUT2D eigenvalue weighted by molar-refractivity contribution is -0.164. The second-order valence-corrected chi connectivity index (χ2v) is 9.44. The van der Waals surface area contributed by atoms with Crippen LogP contribution < -0.4 is 16.2 Å². The van der Waals surface area contributed by atoms with Gasteiger partial charge in [-0.3, -0.25) is 29.1 Å². The van der Waals surface area contributed by atoms with Crippen molar-refractivity contribution in [2.45, 2.75) is 51.3 Å². The Hall–Kier alpha value is -4.34. The molecule has 10 nitrogen and oxygen atoms in total. The molecule has 2 N–H and O–H groups in total. The first-order chi connectivity index (χ1) is 17.8. The highest BCUT2D eigenvalue weighted by Gasteiger charge is 2.54. The quantitative estimate of drug-likeness (QED) is 0.285. The minimum absolute atomic E-state index is 0.0248. The van der Waals surface area contributed by atoms with Gasteiger partial charge in [0.05, 0.1) is 10.9 Å². The smallest absolute Gasteiger partial charge is 0.342 e. The molecule has 1 aromatic heterocycles. The number of benzene rings is 2. The zero-order valence-corrected chi connectivity index (χ0v) is 20.3. The molecule has 1 unspecified atom stereocenters. The Morgan fingerprint density at radius 1 is 1.11 bits per heavy atom. The lowest BCUT2D eigenvalue weighted by Gasteiger charge is -2.35. The second kappa shape index (κ2) is 9.61. The van der Waals surface area contributed by atoms with Crippen LogP contribution in [0.15, 0.2) is 53.3 Å². The SMILES string of the molecule is Cc1nc2ccc(CNC(=O)C3CC3)cc2c(=O)n1C1(C(=O)OCc2ccccc2)CCC(=O)NC1=O. The number of nitrogens with one attached hydrogen (secondary N) is 2. The minimum Gasteiger partial charge on any atom is -0.459 e. The highest BCUT2D eigenvalue weighted by Crippen LogP contribution is 2.30. The van der Waals surface area contributed by atoms with E-state index in [0.29, 0.717) is 16.6 Å². The predicted molar refractivity (Wildman–Crippen MR) is 132 cm³/mol. The first kappa shape index (κ1) is 24.4. The number of esters is 1. The molecule has 2 fully saturated rings. The van der Waals surface area contributed by atoms with Crippen LogP contribution in [-0.2, 0) is 42.6 Å². The molecule has 37 heavy (non-hydrogen) atoms. The maximum absolute atomic E-state index is 13.8. The summed E-state index contributed by atoms with van der Waals surface area (Å²) in [6, 6.07) is 14.0. The highest BCUT2D eigenvalue weighted by atomic mass is 16.5. The first-order valence-electron chi connectivity index (χ1n) is 12.2. The van der Waals surface area contributed by atoms with Gasteiger partial charge in [0.25, 0.3) is 11.5 Å². The van der Waals surface area contributed by atoms with E-state index in [2.05, 4.69) is 15.6 Å². The van der Waals surface area contributed by atoms with Gasteiger partial charge in [0.1, 0.15) is 12.4 Å². The number of piperidine rings is 1. The summed E-state index contributed by atoms with van der Waals surface area (Å²) >= 11 is 0. The standard InChI is InChI=1S/C27H26N4O6/c1-16-29-21-10-7-18(14-28-23(33)19-8-9-19)13-20(21)24(34)31(16)27(12-11-22(32)30-25(27)35)26(36)37-15-17-5-3-2-4-6-17/h2-7,10,13,19H,8-9,11-12,14-15H2,1H3,(H,28,33)(H,30,32,35).